The molecule has 12 heteroatoms. The minimum Gasteiger partial charge on any atom is -0.404 e. The fraction of sp³-hybridized carbons (Fsp3) is 0.554. The molecule has 0 bridgehead atoms. The lowest BCUT2D eigenvalue weighted by Gasteiger charge is -2.52. The summed E-state index contributed by atoms with van der Waals surface area (Å²) in [6.45, 7) is 21.0. The molecule has 5 atom stereocenters. The van der Waals surface area contributed by atoms with E-state index in [1.165, 1.54) is 20.7 Å². The van der Waals surface area contributed by atoms with Gasteiger partial charge in [0.05, 0.1) is 12.2 Å². The molecule has 0 aromatic heterocycles. The summed E-state index contributed by atoms with van der Waals surface area (Å²) in [6.07, 6.45) is -0.643. The van der Waals surface area contributed by atoms with Crippen LogP contribution >= 0.6 is 0 Å². The monoisotopic (exact) mass is 971 g/mol. The van der Waals surface area contributed by atoms with Crippen LogP contribution in [0.4, 0.5) is 0 Å². The first-order valence-corrected chi connectivity index (χ1v) is 26.8. The normalized spacial score (nSPS) is 30.8. The minimum absolute atomic E-state index is 0. The molecular formula is C56H82O10Si2. The fourth-order valence-electron chi connectivity index (χ4n) is 11.3. The van der Waals surface area contributed by atoms with Gasteiger partial charge in [-0.15, -0.1) is 0 Å². The second-order valence-corrected chi connectivity index (χ2v) is 30.1. The zero-order valence-corrected chi connectivity index (χ0v) is 41.0. The van der Waals surface area contributed by atoms with Crippen molar-refractivity contribution in [1.29, 1.82) is 0 Å². The molecule has 4 aromatic rings. The highest BCUT2D eigenvalue weighted by Crippen LogP contribution is 2.54. The van der Waals surface area contributed by atoms with Crippen molar-refractivity contribution in [3.05, 3.63) is 121 Å². The molecule has 2 aliphatic carbocycles. The highest BCUT2D eigenvalue weighted by atomic mass is 28.4. The summed E-state index contributed by atoms with van der Waals surface area (Å²) in [6, 6.07) is 42.5. The predicted octanol–water partition coefficient (Wildman–Crippen LogP) is 9.42. The van der Waals surface area contributed by atoms with Gasteiger partial charge in [0.15, 0.2) is 36.0 Å². The van der Waals surface area contributed by atoms with Crippen molar-refractivity contribution in [1.82, 2.24) is 0 Å². The lowest BCUT2D eigenvalue weighted by atomic mass is 9.73. The first kappa shape index (κ1) is 55.5. The maximum Gasteiger partial charge on any atom is 0.261 e. The van der Waals surface area contributed by atoms with E-state index in [0.29, 0.717) is 25.7 Å². The van der Waals surface area contributed by atoms with Gasteiger partial charge in [0, 0.05) is 25.7 Å². The van der Waals surface area contributed by atoms with E-state index in [0.717, 1.165) is 0 Å². The number of carbonyl (C=O) groups excluding carboxylic acids is 1. The van der Waals surface area contributed by atoms with Crippen molar-refractivity contribution in [2.24, 2.45) is 0 Å². The Kier molecular flexibility index (Phi) is 16.1. The zero-order chi connectivity index (χ0) is 45.6. The van der Waals surface area contributed by atoms with Gasteiger partial charge in [0.1, 0.15) is 23.4 Å². The van der Waals surface area contributed by atoms with Crippen molar-refractivity contribution in [3.8, 4) is 0 Å². The average molecular weight is 971 g/mol. The van der Waals surface area contributed by atoms with Crippen LogP contribution in [0.25, 0.3) is 0 Å². The number of ether oxygens (including phenoxy) is 6. The van der Waals surface area contributed by atoms with Crippen LogP contribution < -0.4 is 20.7 Å². The Bertz CT molecular complexity index is 2190. The summed E-state index contributed by atoms with van der Waals surface area (Å²) >= 11 is 0. The molecule has 6 fully saturated rings. The van der Waals surface area contributed by atoms with Crippen LogP contribution in [0.3, 0.4) is 0 Å². The van der Waals surface area contributed by atoms with Crippen molar-refractivity contribution < 1.29 is 47.2 Å². The third-order valence-corrected chi connectivity index (χ3v) is 24.4. The summed E-state index contributed by atoms with van der Waals surface area (Å²) in [4.78, 5) is 13.2. The van der Waals surface area contributed by atoms with Crippen molar-refractivity contribution in [2.45, 2.75) is 201 Å². The molecule has 1 N–H and O–H groups in total. The van der Waals surface area contributed by atoms with E-state index in [1.54, 1.807) is 0 Å². The van der Waals surface area contributed by atoms with Gasteiger partial charge < -0.3 is 42.4 Å². The SMILES string of the molecule is C.C.C.C.CC1(C)O[C@H]2OC3(CC(O[Si](c4ccccc4)(c4ccccc4)C(C)(C)C)C3)C(=O)[C@H]2O1.CC1(C)O[C@H]2OC3(CC(O[Si](c4ccccc4)(c4ccccc4)C(C)(C)C)C3)[C@H](O)[C@H]2O1. The van der Waals surface area contributed by atoms with Crippen molar-refractivity contribution >= 4 is 43.2 Å². The largest absolute Gasteiger partial charge is 0.404 e. The van der Waals surface area contributed by atoms with E-state index in [9.17, 15) is 9.90 Å². The molecule has 10 rings (SSSR count). The first-order chi connectivity index (χ1) is 30.1. The van der Waals surface area contributed by atoms with E-state index in [2.05, 4.69) is 151 Å². The maximum absolute atomic E-state index is 13.2. The summed E-state index contributed by atoms with van der Waals surface area (Å²) in [5.74, 6) is -1.52. The number of aliphatic hydroxyl groups excluding tert-OH is 1. The van der Waals surface area contributed by atoms with Gasteiger partial charge in [-0.25, -0.2) is 0 Å². The van der Waals surface area contributed by atoms with Gasteiger partial charge in [0.25, 0.3) is 16.6 Å². The Labute approximate surface area is 410 Å². The van der Waals surface area contributed by atoms with Crippen LogP contribution in [0.2, 0.25) is 10.1 Å². The number of fused-ring (bicyclic) bond motifs is 2. The lowest BCUT2D eigenvalue weighted by Crippen LogP contribution is -2.70. The van der Waals surface area contributed by atoms with Crippen LogP contribution in [-0.4, -0.2) is 93.4 Å². The Balaban J connectivity index is 0.000000240. The van der Waals surface area contributed by atoms with Crippen LogP contribution in [0, 0.1) is 0 Å². The topological polar surface area (TPSA) is 111 Å². The second-order valence-electron chi connectivity index (χ2n) is 21.6. The Morgan fingerprint density at radius 2 is 0.853 bits per heavy atom. The zero-order valence-electron chi connectivity index (χ0n) is 39.0. The van der Waals surface area contributed by atoms with E-state index < -0.39 is 70.3 Å². The molecule has 0 unspecified atom stereocenters. The number of hydrogen-bond donors (Lipinski definition) is 1. The molecule has 0 radical (unpaired) electrons. The smallest absolute Gasteiger partial charge is 0.261 e. The predicted molar refractivity (Wildman–Crippen MR) is 277 cm³/mol. The van der Waals surface area contributed by atoms with E-state index in [-0.39, 0.29) is 57.8 Å². The Morgan fingerprint density at radius 1 is 0.500 bits per heavy atom. The lowest BCUT2D eigenvalue weighted by molar-refractivity contribution is -0.267. The van der Waals surface area contributed by atoms with Gasteiger partial charge >= 0.3 is 0 Å². The molecule has 68 heavy (non-hydrogen) atoms. The highest BCUT2D eigenvalue weighted by molar-refractivity contribution is 7.00. The van der Waals surface area contributed by atoms with Gasteiger partial charge in [0.2, 0.25) is 0 Å². The van der Waals surface area contributed by atoms with Crippen molar-refractivity contribution in [3.63, 3.8) is 0 Å². The molecule has 10 nitrogen and oxygen atoms in total. The molecule has 4 aromatic carbocycles. The number of Topliss-reactive ketones (excluding diaryl/α,β-unsaturated/α-hetero) is 1. The molecule has 4 aliphatic heterocycles. The van der Waals surface area contributed by atoms with Gasteiger partial charge in [-0.2, -0.15) is 0 Å². The van der Waals surface area contributed by atoms with Crippen molar-refractivity contribution in [2.75, 3.05) is 0 Å². The number of carbonyl (C=O) groups is 1. The van der Waals surface area contributed by atoms with E-state index >= 15 is 0 Å². The Hall–Kier alpha value is -3.38. The van der Waals surface area contributed by atoms with Gasteiger partial charge in [-0.1, -0.05) is 193 Å². The second kappa shape index (κ2) is 19.7. The number of hydrogen-bond acceptors (Lipinski definition) is 10. The average Bonchev–Trinajstić information content (AvgIpc) is 3.87. The molecule has 2 saturated carbocycles. The summed E-state index contributed by atoms with van der Waals surface area (Å²) in [5, 5.41) is 15.9. The van der Waals surface area contributed by atoms with Crippen LogP contribution in [-0.2, 0) is 42.1 Å². The quantitative estimate of drug-likeness (QED) is 0.172. The maximum atomic E-state index is 13.2. The minimum atomic E-state index is -2.65. The number of ketones is 1. The van der Waals surface area contributed by atoms with Crippen LogP contribution in [0.15, 0.2) is 121 Å². The van der Waals surface area contributed by atoms with E-state index in [4.69, 9.17) is 37.3 Å². The first-order valence-electron chi connectivity index (χ1n) is 23.0. The fourth-order valence-corrected chi connectivity index (χ4v) is 20.6. The highest BCUT2D eigenvalue weighted by Gasteiger charge is 2.69. The molecule has 4 heterocycles. The number of benzene rings is 4. The van der Waals surface area contributed by atoms with E-state index in [1.807, 2.05) is 39.8 Å². The number of aliphatic hydroxyl groups is 1. The molecule has 2 spiro atoms. The molecule has 374 valence electrons. The number of rotatable bonds is 8. The van der Waals surface area contributed by atoms with Crippen LogP contribution in [0.5, 0.6) is 0 Å². The molecular weight excluding hydrogens is 889 g/mol. The summed E-state index contributed by atoms with van der Waals surface area (Å²) in [7, 11) is -5.28. The standard InChI is InChI=1S/C26H34O5Si.C26H32O5Si.4CH4/c2*1-24(2,3)32(19-12-8-6-9-13-19,20-14-10-7-11-15-20)31-18-16-26(17-18)22(27)21-23(30-26)29-25(4,5)28-21;;;;/h6-15,18,21-23,27H,16-17H2,1-5H3;6-15,18,21,23H,16-17H2,1-5H3;4*1H4/t18?,21-,22-,23+,26?;18?,21-,23+,26?;;;;/m11..../s1. The summed E-state index contributed by atoms with van der Waals surface area (Å²) < 4.78 is 50.1. The third-order valence-electron chi connectivity index (χ3n) is 14.2. The molecule has 0 amide bonds. The third kappa shape index (κ3) is 9.45. The molecule has 6 aliphatic rings. The summed E-state index contributed by atoms with van der Waals surface area (Å²) in [5.41, 5.74) is -1.50. The molecule has 4 saturated heterocycles. The van der Waals surface area contributed by atoms with Crippen LogP contribution in [0.1, 0.15) is 125 Å². The van der Waals surface area contributed by atoms with Gasteiger partial charge in [-0.3, -0.25) is 4.79 Å². The Morgan fingerprint density at radius 3 is 1.21 bits per heavy atom. The van der Waals surface area contributed by atoms with Gasteiger partial charge in [-0.05, 0) is 58.5 Å².